The number of hydrogen-bond acceptors (Lipinski definition) is 3. The third-order valence-electron chi connectivity index (χ3n) is 3.62. The van der Waals surface area contributed by atoms with Crippen molar-refractivity contribution in [1.82, 2.24) is 5.32 Å². The van der Waals surface area contributed by atoms with Gasteiger partial charge in [0.25, 0.3) is 5.91 Å². The minimum atomic E-state index is -4.51. The van der Waals surface area contributed by atoms with E-state index in [4.69, 9.17) is 0 Å². The first-order chi connectivity index (χ1) is 12.2. The molecule has 0 heterocycles. The maximum Gasteiger partial charge on any atom is 0.416 e. The summed E-state index contributed by atoms with van der Waals surface area (Å²) in [4.78, 5) is 24.1. The largest absolute Gasteiger partial charge is 0.467 e. The van der Waals surface area contributed by atoms with E-state index in [1.54, 1.807) is 0 Å². The van der Waals surface area contributed by atoms with Gasteiger partial charge in [-0.3, -0.25) is 4.79 Å². The molecule has 0 aromatic heterocycles. The van der Waals surface area contributed by atoms with Crippen LogP contribution in [0.3, 0.4) is 0 Å². The summed E-state index contributed by atoms with van der Waals surface area (Å²) >= 11 is 0. The van der Waals surface area contributed by atoms with Crippen LogP contribution in [-0.2, 0) is 22.1 Å². The fraction of sp³-hybridized carbons (Fsp3) is 0.222. The molecule has 0 aliphatic heterocycles. The van der Waals surface area contributed by atoms with Crippen molar-refractivity contribution >= 4 is 11.9 Å². The van der Waals surface area contributed by atoms with E-state index in [1.165, 1.54) is 24.3 Å². The summed E-state index contributed by atoms with van der Waals surface area (Å²) in [6.07, 6.45) is -4.47. The Hall–Kier alpha value is -2.90. The molecule has 0 bridgehead atoms. The molecule has 2 rings (SSSR count). The number of hydrogen-bond donors (Lipinski definition) is 1. The molecule has 4 nitrogen and oxygen atoms in total. The minimum absolute atomic E-state index is 0.0361. The van der Waals surface area contributed by atoms with Crippen LogP contribution in [0.5, 0.6) is 0 Å². The quantitative estimate of drug-likeness (QED) is 0.650. The van der Waals surface area contributed by atoms with Crippen LogP contribution in [0, 0.1) is 5.82 Å². The highest BCUT2D eigenvalue weighted by molar-refractivity contribution is 5.96. The van der Waals surface area contributed by atoms with Gasteiger partial charge in [0, 0.05) is 12.0 Å². The molecule has 0 radical (unpaired) electrons. The van der Waals surface area contributed by atoms with Gasteiger partial charge in [-0.05, 0) is 42.0 Å². The van der Waals surface area contributed by atoms with Gasteiger partial charge < -0.3 is 10.1 Å². The van der Waals surface area contributed by atoms with Gasteiger partial charge in [-0.15, -0.1) is 0 Å². The molecule has 0 spiro atoms. The first-order valence-corrected chi connectivity index (χ1v) is 7.51. The molecule has 2 aromatic carbocycles. The van der Waals surface area contributed by atoms with Gasteiger partial charge in [-0.2, -0.15) is 13.2 Å². The number of rotatable bonds is 5. The molecule has 0 saturated carbocycles. The zero-order chi connectivity index (χ0) is 19.3. The second-order valence-corrected chi connectivity index (χ2v) is 5.45. The third kappa shape index (κ3) is 5.05. The lowest BCUT2D eigenvalue weighted by Crippen LogP contribution is -2.43. The zero-order valence-corrected chi connectivity index (χ0v) is 13.6. The Morgan fingerprint density at radius 2 is 1.62 bits per heavy atom. The molecular weight excluding hydrogens is 354 g/mol. The van der Waals surface area contributed by atoms with Crippen molar-refractivity contribution in [3.8, 4) is 0 Å². The maximum absolute atomic E-state index is 13.0. The predicted octanol–water partition coefficient (Wildman–Crippen LogP) is 3.36. The van der Waals surface area contributed by atoms with E-state index in [2.05, 4.69) is 10.1 Å². The fourth-order valence-electron chi connectivity index (χ4n) is 2.24. The van der Waals surface area contributed by atoms with Crippen LogP contribution >= 0.6 is 0 Å². The van der Waals surface area contributed by atoms with Crippen LogP contribution < -0.4 is 5.32 Å². The van der Waals surface area contributed by atoms with Gasteiger partial charge in [0.1, 0.15) is 11.9 Å². The lowest BCUT2D eigenvalue weighted by Gasteiger charge is -2.17. The van der Waals surface area contributed by atoms with Crippen molar-refractivity contribution in [2.45, 2.75) is 18.6 Å². The number of methoxy groups -OCH3 is 1. The number of esters is 1. The second-order valence-electron chi connectivity index (χ2n) is 5.45. The molecule has 2 aromatic rings. The van der Waals surface area contributed by atoms with Crippen LogP contribution in [-0.4, -0.2) is 25.0 Å². The molecule has 26 heavy (non-hydrogen) atoms. The molecule has 0 unspecified atom stereocenters. The minimum Gasteiger partial charge on any atom is -0.467 e. The summed E-state index contributed by atoms with van der Waals surface area (Å²) < 4.78 is 55.3. The van der Waals surface area contributed by atoms with E-state index >= 15 is 0 Å². The van der Waals surface area contributed by atoms with Crippen LogP contribution in [0.25, 0.3) is 0 Å². The Morgan fingerprint density at radius 3 is 2.12 bits per heavy atom. The molecule has 0 aliphatic carbocycles. The van der Waals surface area contributed by atoms with E-state index in [0.717, 1.165) is 31.4 Å². The maximum atomic E-state index is 13.0. The van der Waals surface area contributed by atoms with Crippen LogP contribution in [0.2, 0.25) is 0 Å². The van der Waals surface area contributed by atoms with Gasteiger partial charge in [0.2, 0.25) is 0 Å². The highest BCUT2D eigenvalue weighted by atomic mass is 19.4. The van der Waals surface area contributed by atoms with Crippen LogP contribution in [0.4, 0.5) is 17.6 Å². The molecule has 0 saturated heterocycles. The molecule has 1 amide bonds. The van der Waals surface area contributed by atoms with Crippen molar-refractivity contribution in [2.24, 2.45) is 0 Å². The molecule has 138 valence electrons. The average molecular weight is 369 g/mol. The topological polar surface area (TPSA) is 55.4 Å². The fourth-order valence-corrected chi connectivity index (χ4v) is 2.24. The van der Waals surface area contributed by atoms with Gasteiger partial charge in [-0.1, -0.05) is 12.1 Å². The summed E-state index contributed by atoms with van der Waals surface area (Å²) in [5, 5.41) is 2.42. The lowest BCUT2D eigenvalue weighted by molar-refractivity contribution is -0.142. The smallest absolute Gasteiger partial charge is 0.416 e. The average Bonchev–Trinajstić information content (AvgIpc) is 2.61. The Labute approximate surface area is 146 Å². The van der Waals surface area contributed by atoms with Gasteiger partial charge in [0.05, 0.1) is 12.7 Å². The number of halogens is 4. The first kappa shape index (κ1) is 19.4. The third-order valence-corrected chi connectivity index (χ3v) is 3.62. The van der Waals surface area contributed by atoms with Crippen molar-refractivity contribution < 1.29 is 31.9 Å². The zero-order valence-electron chi connectivity index (χ0n) is 13.6. The van der Waals surface area contributed by atoms with E-state index < -0.39 is 35.5 Å². The van der Waals surface area contributed by atoms with Crippen molar-refractivity contribution in [1.29, 1.82) is 0 Å². The SMILES string of the molecule is COC(=O)[C@H](Cc1ccc(F)cc1)NC(=O)c1ccc(C(F)(F)F)cc1. The van der Waals surface area contributed by atoms with Gasteiger partial charge in [-0.25, -0.2) is 9.18 Å². The normalized spacial score (nSPS) is 12.3. The van der Waals surface area contributed by atoms with Gasteiger partial charge >= 0.3 is 12.1 Å². The second kappa shape index (κ2) is 7.99. The van der Waals surface area contributed by atoms with Crippen molar-refractivity contribution in [3.63, 3.8) is 0 Å². The monoisotopic (exact) mass is 369 g/mol. The number of benzene rings is 2. The molecule has 1 atom stereocenters. The number of nitrogens with one attached hydrogen (secondary N) is 1. The molecule has 1 N–H and O–H groups in total. The molecular formula is C18H15F4NO3. The summed E-state index contributed by atoms with van der Waals surface area (Å²) in [6, 6.07) is 7.85. The Balaban J connectivity index is 2.13. The Morgan fingerprint density at radius 1 is 1.04 bits per heavy atom. The summed E-state index contributed by atoms with van der Waals surface area (Å²) in [6.45, 7) is 0. The summed E-state index contributed by atoms with van der Waals surface area (Å²) in [7, 11) is 1.14. The van der Waals surface area contributed by atoms with E-state index in [1.807, 2.05) is 0 Å². The highest BCUT2D eigenvalue weighted by Gasteiger charge is 2.30. The predicted molar refractivity (Wildman–Crippen MR) is 84.8 cm³/mol. The van der Waals surface area contributed by atoms with Gasteiger partial charge in [0.15, 0.2) is 0 Å². The number of amides is 1. The van der Waals surface area contributed by atoms with E-state index in [-0.39, 0.29) is 12.0 Å². The number of carbonyl (C=O) groups excluding carboxylic acids is 2. The standard InChI is InChI=1S/C18H15F4NO3/c1-26-17(25)15(10-11-2-8-14(19)9-3-11)23-16(24)12-4-6-13(7-5-12)18(20,21)22/h2-9,15H,10H2,1H3,(H,23,24)/t15-/m0/s1. The molecule has 0 aliphatic rings. The van der Waals surface area contributed by atoms with E-state index in [9.17, 15) is 27.2 Å². The van der Waals surface area contributed by atoms with Crippen molar-refractivity contribution in [2.75, 3.05) is 7.11 Å². The molecule has 8 heteroatoms. The van der Waals surface area contributed by atoms with E-state index in [0.29, 0.717) is 5.56 Å². The number of carbonyl (C=O) groups is 2. The Kier molecular flexibility index (Phi) is 5.97. The van der Waals surface area contributed by atoms with Crippen molar-refractivity contribution in [3.05, 3.63) is 71.0 Å². The highest BCUT2D eigenvalue weighted by Crippen LogP contribution is 2.29. The first-order valence-electron chi connectivity index (χ1n) is 7.51. The van der Waals surface area contributed by atoms with Crippen LogP contribution in [0.1, 0.15) is 21.5 Å². The number of alkyl halides is 3. The van der Waals surface area contributed by atoms with Crippen LogP contribution in [0.15, 0.2) is 48.5 Å². The summed E-state index contributed by atoms with van der Waals surface area (Å²) in [5.41, 5.74) is -0.342. The summed E-state index contributed by atoms with van der Waals surface area (Å²) in [5.74, 6) is -1.90. The Bertz CT molecular complexity index is 771. The number of ether oxygens (including phenoxy) is 1. The molecule has 0 fully saturated rings. The lowest BCUT2D eigenvalue weighted by atomic mass is 10.0.